The molecule has 2 heterocycles. The third-order valence-corrected chi connectivity index (χ3v) is 2.99. The Balaban J connectivity index is 2.28. The number of nitro benzene ring substituents is 1. The van der Waals surface area contributed by atoms with E-state index >= 15 is 0 Å². The molecule has 3 N–H and O–H groups in total. The highest BCUT2D eigenvalue weighted by molar-refractivity contribution is 5.83. The summed E-state index contributed by atoms with van der Waals surface area (Å²) in [6.07, 6.45) is 1.43. The molecule has 0 saturated carbocycles. The molecule has 1 aromatic carbocycles. The van der Waals surface area contributed by atoms with Gasteiger partial charge in [0, 0.05) is 17.8 Å². The first-order valence-electron chi connectivity index (χ1n) is 5.95. The van der Waals surface area contributed by atoms with Gasteiger partial charge in [-0.05, 0) is 12.1 Å². The van der Waals surface area contributed by atoms with Crippen LogP contribution in [0.5, 0.6) is 0 Å². The average molecular weight is 283 g/mol. The van der Waals surface area contributed by atoms with Gasteiger partial charge in [-0.15, -0.1) is 0 Å². The van der Waals surface area contributed by atoms with Crippen molar-refractivity contribution in [2.24, 2.45) is 0 Å². The van der Waals surface area contributed by atoms with Crippen molar-refractivity contribution >= 4 is 22.7 Å². The summed E-state index contributed by atoms with van der Waals surface area (Å²) in [5, 5.41) is 11.3. The van der Waals surface area contributed by atoms with Gasteiger partial charge in [0.1, 0.15) is 0 Å². The number of nitrogens with one attached hydrogen (secondary N) is 1. The molecule has 21 heavy (non-hydrogen) atoms. The smallest absolute Gasteiger partial charge is 0.277 e. The van der Waals surface area contributed by atoms with Crippen molar-refractivity contribution < 1.29 is 4.92 Å². The molecule has 0 aliphatic rings. The van der Waals surface area contributed by atoms with E-state index in [1.807, 2.05) is 0 Å². The quantitative estimate of drug-likeness (QED) is 0.541. The Hall–Kier alpha value is -3.29. The summed E-state index contributed by atoms with van der Waals surface area (Å²) in [6, 6.07) is 7.75. The number of rotatable bonds is 2. The summed E-state index contributed by atoms with van der Waals surface area (Å²) in [4.78, 5) is 32.7. The Morgan fingerprint density at radius 2 is 2.05 bits per heavy atom. The van der Waals surface area contributed by atoms with E-state index in [1.165, 1.54) is 18.3 Å². The Morgan fingerprint density at radius 1 is 1.29 bits per heavy atom. The molecule has 0 aliphatic heterocycles. The summed E-state index contributed by atoms with van der Waals surface area (Å²) in [6.45, 7) is 0. The normalized spacial score (nSPS) is 10.7. The minimum absolute atomic E-state index is 0.0292. The molecule has 0 amide bonds. The summed E-state index contributed by atoms with van der Waals surface area (Å²) in [5.41, 5.74) is 5.99. The molecule has 0 saturated heterocycles. The van der Waals surface area contributed by atoms with Crippen LogP contribution in [0.3, 0.4) is 0 Å². The number of benzene rings is 1. The standard InChI is InChI=1S/C13H9N5O3/c14-13-16-11-9(12(19)17-13)5-7(6-15-11)8-3-1-2-4-10(8)18(20)21/h1-6H,(H3,14,15,16,17,19). The fraction of sp³-hybridized carbons (Fsp3) is 0. The van der Waals surface area contributed by atoms with Crippen molar-refractivity contribution in [3.8, 4) is 11.1 Å². The number of fused-ring (bicyclic) bond motifs is 1. The van der Waals surface area contributed by atoms with Crippen LogP contribution in [0, 0.1) is 10.1 Å². The maximum absolute atomic E-state index is 11.9. The molecule has 0 aliphatic carbocycles. The lowest BCUT2D eigenvalue weighted by atomic mass is 10.0. The van der Waals surface area contributed by atoms with Crippen LogP contribution in [0.15, 0.2) is 41.3 Å². The number of nitrogen functional groups attached to an aromatic ring is 1. The van der Waals surface area contributed by atoms with E-state index < -0.39 is 10.5 Å². The van der Waals surface area contributed by atoms with Crippen molar-refractivity contribution in [3.63, 3.8) is 0 Å². The van der Waals surface area contributed by atoms with E-state index in [4.69, 9.17) is 5.73 Å². The van der Waals surface area contributed by atoms with Gasteiger partial charge < -0.3 is 5.73 Å². The van der Waals surface area contributed by atoms with E-state index in [2.05, 4.69) is 15.0 Å². The molecular weight excluding hydrogens is 274 g/mol. The number of pyridine rings is 1. The number of nitro groups is 1. The van der Waals surface area contributed by atoms with E-state index in [1.54, 1.807) is 18.2 Å². The van der Waals surface area contributed by atoms with Crippen molar-refractivity contribution in [2.75, 3.05) is 5.73 Å². The molecule has 104 valence electrons. The number of anilines is 1. The molecule has 8 nitrogen and oxygen atoms in total. The number of para-hydroxylation sites is 1. The van der Waals surface area contributed by atoms with Crippen LogP contribution in [0.4, 0.5) is 11.6 Å². The van der Waals surface area contributed by atoms with Crippen molar-refractivity contribution in [1.29, 1.82) is 0 Å². The van der Waals surface area contributed by atoms with Gasteiger partial charge >= 0.3 is 0 Å². The fourth-order valence-electron chi connectivity index (χ4n) is 2.06. The molecule has 0 radical (unpaired) electrons. The minimum Gasteiger partial charge on any atom is -0.369 e. The van der Waals surface area contributed by atoms with Crippen LogP contribution in [0.25, 0.3) is 22.2 Å². The Kier molecular flexibility index (Phi) is 2.83. The zero-order valence-corrected chi connectivity index (χ0v) is 10.6. The van der Waals surface area contributed by atoms with Gasteiger partial charge in [0.25, 0.3) is 11.2 Å². The van der Waals surface area contributed by atoms with Crippen molar-refractivity contribution in [3.05, 3.63) is 57.0 Å². The van der Waals surface area contributed by atoms with Gasteiger partial charge in [0.15, 0.2) is 5.65 Å². The Labute approximate surface area is 117 Å². The molecular formula is C13H9N5O3. The van der Waals surface area contributed by atoms with Gasteiger partial charge in [-0.2, -0.15) is 4.98 Å². The van der Waals surface area contributed by atoms with E-state index in [-0.39, 0.29) is 22.7 Å². The first kappa shape index (κ1) is 12.7. The maximum atomic E-state index is 11.9. The van der Waals surface area contributed by atoms with Crippen molar-refractivity contribution in [2.45, 2.75) is 0 Å². The zero-order valence-electron chi connectivity index (χ0n) is 10.6. The second-order valence-corrected chi connectivity index (χ2v) is 4.32. The zero-order chi connectivity index (χ0) is 15.0. The van der Waals surface area contributed by atoms with Crippen LogP contribution in [-0.4, -0.2) is 19.9 Å². The lowest BCUT2D eigenvalue weighted by Gasteiger charge is -2.04. The van der Waals surface area contributed by atoms with Gasteiger partial charge in [-0.25, -0.2) is 4.98 Å². The van der Waals surface area contributed by atoms with E-state index in [0.717, 1.165) is 0 Å². The average Bonchev–Trinajstić information content (AvgIpc) is 2.47. The number of nitrogens with two attached hydrogens (primary N) is 1. The highest BCUT2D eigenvalue weighted by Gasteiger charge is 2.15. The number of hydrogen-bond acceptors (Lipinski definition) is 6. The highest BCUT2D eigenvalue weighted by atomic mass is 16.6. The maximum Gasteiger partial charge on any atom is 0.277 e. The number of hydrogen-bond donors (Lipinski definition) is 2. The van der Waals surface area contributed by atoms with Crippen LogP contribution >= 0.6 is 0 Å². The third-order valence-electron chi connectivity index (χ3n) is 2.99. The molecule has 8 heteroatoms. The molecule has 0 spiro atoms. The van der Waals surface area contributed by atoms with E-state index in [9.17, 15) is 14.9 Å². The predicted octanol–water partition coefficient (Wildman–Crippen LogP) is 1.48. The summed E-state index contributed by atoms with van der Waals surface area (Å²) >= 11 is 0. The highest BCUT2D eigenvalue weighted by Crippen LogP contribution is 2.29. The van der Waals surface area contributed by atoms with Crippen LogP contribution in [0.2, 0.25) is 0 Å². The monoisotopic (exact) mass is 283 g/mol. The second kappa shape index (κ2) is 4.67. The summed E-state index contributed by atoms with van der Waals surface area (Å²) in [7, 11) is 0. The molecule has 3 rings (SSSR count). The Morgan fingerprint density at radius 3 is 2.81 bits per heavy atom. The number of aromatic nitrogens is 3. The number of nitrogens with zero attached hydrogens (tertiary/aromatic N) is 3. The van der Waals surface area contributed by atoms with Crippen LogP contribution in [-0.2, 0) is 0 Å². The second-order valence-electron chi connectivity index (χ2n) is 4.32. The molecule has 0 fully saturated rings. The lowest BCUT2D eigenvalue weighted by Crippen LogP contribution is -2.12. The van der Waals surface area contributed by atoms with Gasteiger partial charge in [-0.1, -0.05) is 12.1 Å². The number of aromatic amines is 1. The Bertz CT molecular complexity index is 919. The largest absolute Gasteiger partial charge is 0.369 e. The van der Waals surface area contributed by atoms with Crippen LogP contribution < -0.4 is 11.3 Å². The molecule has 3 aromatic rings. The van der Waals surface area contributed by atoms with Gasteiger partial charge in [0.2, 0.25) is 5.95 Å². The molecule has 0 atom stereocenters. The lowest BCUT2D eigenvalue weighted by molar-refractivity contribution is -0.384. The minimum atomic E-state index is -0.481. The SMILES string of the molecule is Nc1nc2ncc(-c3ccccc3[N+](=O)[O-])cc2c(=O)[nH]1. The van der Waals surface area contributed by atoms with Crippen molar-refractivity contribution in [1.82, 2.24) is 15.0 Å². The molecule has 2 aromatic heterocycles. The predicted molar refractivity (Wildman–Crippen MR) is 76.7 cm³/mol. The fourth-order valence-corrected chi connectivity index (χ4v) is 2.06. The summed E-state index contributed by atoms with van der Waals surface area (Å²) in [5.74, 6) is -0.0292. The van der Waals surface area contributed by atoms with Gasteiger partial charge in [-0.3, -0.25) is 19.9 Å². The molecule has 0 bridgehead atoms. The number of H-pyrrole nitrogens is 1. The van der Waals surface area contributed by atoms with Crippen LogP contribution in [0.1, 0.15) is 0 Å². The van der Waals surface area contributed by atoms with Gasteiger partial charge in [0.05, 0.1) is 15.9 Å². The topological polar surface area (TPSA) is 128 Å². The third kappa shape index (κ3) is 2.18. The summed E-state index contributed by atoms with van der Waals surface area (Å²) < 4.78 is 0. The molecule has 0 unspecified atom stereocenters. The first-order chi connectivity index (χ1) is 10.1. The van der Waals surface area contributed by atoms with E-state index in [0.29, 0.717) is 11.1 Å². The first-order valence-corrected chi connectivity index (χ1v) is 5.95.